The second-order valence-electron chi connectivity index (χ2n) is 5.97. The lowest BCUT2D eigenvalue weighted by atomic mass is 9.85. The number of nitrogens with two attached hydrogens (primary N) is 1. The lowest BCUT2D eigenvalue weighted by molar-refractivity contribution is 0.0106. The van der Waals surface area contributed by atoms with Gasteiger partial charge in [-0.15, -0.1) is 0 Å². The van der Waals surface area contributed by atoms with Crippen molar-refractivity contribution in [3.05, 3.63) is 0 Å². The van der Waals surface area contributed by atoms with Gasteiger partial charge in [0.25, 0.3) is 0 Å². The second kappa shape index (κ2) is 4.63. The maximum absolute atomic E-state index is 6.10. The lowest BCUT2D eigenvalue weighted by Crippen LogP contribution is -2.61. The third-order valence-corrected chi connectivity index (χ3v) is 4.89. The average Bonchev–Trinajstić information content (AvgIpc) is 2.65. The van der Waals surface area contributed by atoms with Crippen LogP contribution in [0.5, 0.6) is 0 Å². The van der Waals surface area contributed by atoms with E-state index in [1.165, 1.54) is 32.4 Å². The summed E-state index contributed by atoms with van der Waals surface area (Å²) in [7, 11) is 2.22. The molecule has 0 radical (unpaired) electrons. The molecule has 0 aromatic heterocycles. The second-order valence-corrected chi connectivity index (χ2v) is 5.97. The van der Waals surface area contributed by atoms with Gasteiger partial charge in [-0.1, -0.05) is 6.92 Å². The van der Waals surface area contributed by atoms with Gasteiger partial charge in [-0.05, 0) is 52.2 Å². The third kappa shape index (κ3) is 2.01. The standard InChI is InChI=1S/C13H27N3/c1-11-5-4-7-16(12(11)2)13(9-14)6-8-15(3)10-13/h11-12H,4-10,14H2,1-3H3. The number of likely N-dealkylation sites (tertiary alicyclic amines) is 2. The summed E-state index contributed by atoms with van der Waals surface area (Å²) in [6.07, 6.45) is 3.97. The van der Waals surface area contributed by atoms with Crippen LogP contribution < -0.4 is 5.73 Å². The van der Waals surface area contributed by atoms with Crippen LogP contribution in [0.25, 0.3) is 0 Å². The molecule has 2 aliphatic rings. The summed E-state index contributed by atoms with van der Waals surface area (Å²) >= 11 is 0. The van der Waals surface area contributed by atoms with Gasteiger partial charge in [0, 0.05) is 24.7 Å². The molecule has 3 unspecified atom stereocenters. The van der Waals surface area contributed by atoms with E-state index in [9.17, 15) is 0 Å². The van der Waals surface area contributed by atoms with Crippen LogP contribution in [0, 0.1) is 5.92 Å². The number of hydrogen-bond donors (Lipinski definition) is 1. The van der Waals surface area contributed by atoms with Crippen molar-refractivity contribution < 1.29 is 0 Å². The zero-order valence-corrected chi connectivity index (χ0v) is 11.1. The van der Waals surface area contributed by atoms with Gasteiger partial charge in [0.05, 0.1) is 0 Å². The van der Waals surface area contributed by atoms with Crippen molar-refractivity contribution in [3.63, 3.8) is 0 Å². The first-order valence-electron chi connectivity index (χ1n) is 6.74. The molecule has 2 N–H and O–H groups in total. The van der Waals surface area contributed by atoms with E-state index in [1.807, 2.05) is 0 Å². The molecule has 94 valence electrons. The van der Waals surface area contributed by atoms with Gasteiger partial charge in [0.2, 0.25) is 0 Å². The average molecular weight is 225 g/mol. The minimum Gasteiger partial charge on any atom is -0.329 e. The fraction of sp³-hybridized carbons (Fsp3) is 1.00. The van der Waals surface area contributed by atoms with Crippen LogP contribution in [0.4, 0.5) is 0 Å². The Morgan fingerprint density at radius 1 is 1.31 bits per heavy atom. The lowest BCUT2D eigenvalue weighted by Gasteiger charge is -2.49. The van der Waals surface area contributed by atoms with Crippen molar-refractivity contribution in [2.24, 2.45) is 11.7 Å². The van der Waals surface area contributed by atoms with Crippen molar-refractivity contribution in [2.75, 3.05) is 33.2 Å². The van der Waals surface area contributed by atoms with E-state index in [4.69, 9.17) is 5.73 Å². The highest BCUT2D eigenvalue weighted by Gasteiger charge is 2.44. The molecule has 16 heavy (non-hydrogen) atoms. The molecule has 0 amide bonds. The topological polar surface area (TPSA) is 32.5 Å². The van der Waals surface area contributed by atoms with Crippen molar-refractivity contribution in [1.82, 2.24) is 9.80 Å². The summed E-state index contributed by atoms with van der Waals surface area (Å²) in [4.78, 5) is 5.14. The molecule has 2 rings (SSSR count). The van der Waals surface area contributed by atoms with Gasteiger partial charge < -0.3 is 10.6 Å². The van der Waals surface area contributed by atoms with Crippen LogP contribution in [-0.4, -0.2) is 54.6 Å². The molecule has 0 saturated carbocycles. The van der Waals surface area contributed by atoms with E-state index in [1.54, 1.807) is 0 Å². The Kier molecular flexibility index (Phi) is 3.57. The number of likely N-dealkylation sites (N-methyl/N-ethyl adjacent to an activating group) is 1. The summed E-state index contributed by atoms with van der Waals surface area (Å²) in [6.45, 7) is 9.19. The van der Waals surface area contributed by atoms with Crippen molar-refractivity contribution in [2.45, 2.75) is 44.7 Å². The van der Waals surface area contributed by atoms with Crippen LogP contribution in [0.1, 0.15) is 33.1 Å². The van der Waals surface area contributed by atoms with Gasteiger partial charge in [-0.3, -0.25) is 4.90 Å². The van der Waals surface area contributed by atoms with Crippen LogP contribution >= 0.6 is 0 Å². The maximum Gasteiger partial charge on any atom is 0.0473 e. The molecule has 3 heteroatoms. The Morgan fingerprint density at radius 2 is 2.06 bits per heavy atom. The highest BCUT2D eigenvalue weighted by Crippen LogP contribution is 2.34. The Labute approximate surface area is 100.0 Å². The first kappa shape index (κ1) is 12.3. The molecule has 2 saturated heterocycles. The molecule has 2 aliphatic heterocycles. The van der Waals surface area contributed by atoms with Crippen molar-refractivity contribution in [3.8, 4) is 0 Å². The Balaban J connectivity index is 2.14. The molecule has 3 nitrogen and oxygen atoms in total. The largest absolute Gasteiger partial charge is 0.329 e. The monoisotopic (exact) mass is 225 g/mol. The molecule has 0 spiro atoms. The Hall–Kier alpha value is -0.120. The molecule has 0 bridgehead atoms. The van der Waals surface area contributed by atoms with E-state index in [0.29, 0.717) is 6.04 Å². The van der Waals surface area contributed by atoms with Crippen molar-refractivity contribution >= 4 is 0 Å². The van der Waals surface area contributed by atoms with Gasteiger partial charge >= 0.3 is 0 Å². The number of nitrogens with zero attached hydrogens (tertiary/aromatic N) is 2. The van der Waals surface area contributed by atoms with Crippen LogP contribution in [-0.2, 0) is 0 Å². The van der Waals surface area contributed by atoms with Gasteiger partial charge in [0.1, 0.15) is 0 Å². The predicted octanol–water partition coefficient (Wildman–Crippen LogP) is 1.14. The van der Waals surface area contributed by atoms with Crippen molar-refractivity contribution in [1.29, 1.82) is 0 Å². The minimum absolute atomic E-state index is 0.267. The van der Waals surface area contributed by atoms with Gasteiger partial charge in [-0.2, -0.15) is 0 Å². The van der Waals surface area contributed by atoms with E-state index < -0.39 is 0 Å². The number of piperidine rings is 1. The molecule has 2 fully saturated rings. The van der Waals surface area contributed by atoms with Crippen LogP contribution in [0.15, 0.2) is 0 Å². The molecular weight excluding hydrogens is 198 g/mol. The quantitative estimate of drug-likeness (QED) is 0.765. The first-order valence-corrected chi connectivity index (χ1v) is 6.74. The zero-order chi connectivity index (χ0) is 11.8. The summed E-state index contributed by atoms with van der Waals surface area (Å²) in [5, 5.41) is 0. The summed E-state index contributed by atoms with van der Waals surface area (Å²) in [5.41, 5.74) is 6.37. The zero-order valence-electron chi connectivity index (χ0n) is 11.1. The van der Waals surface area contributed by atoms with E-state index in [0.717, 1.165) is 19.0 Å². The molecule has 0 aromatic carbocycles. The fourth-order valence-corrected chi connectivity index (χ4v) is 3.58. The fourth-order valence-electron chi connectivity index (χ4n) is 3.58. The summed E-state index contributed by atoms with van der Waals surface area (Å²) in [6, 6.07) is 0.698. The molecule has 3 atom stereocenters. The Morgan fingerprint density at radius 3 is 2.62 bits per heavy atom. The highest BCUT2D eigenvalue weighted by molar-refractivity contribution is 5.02. The van der Waals surface area contributed by atoms with Gasteiger partial charge in [0.15, 0.2) is 0 Å². The predicted molar refractivity (Wildman–Crippen MR) is 68.5 cm³/mol. The van der Waals surface area contributed by atoms with Gasteiger partial charge in [-0.25, -0.2) is 0 Å². The van der Waals surface area contributed by atoms with Crippen LogP contribution in [0.2, 0.25) is 0 Å². The van der Waals surface area contributed by atoms with Crippen LogP contribution in [0.3, 0.4) is 0 Å². The molecular formula is C13H27N3. The third-order valence-electron chi connectivity index (χ3n) is 4.89. The maximum atomic E-state index is 6.10. The molecule has 0 aliphatic carbocycles. The minimum atomic E-state index is 0.267. The van der Waals surface area contributed by atoms with E-state index in [-0.39, 0.29) is 5.54 Å². The van der Waals surface area contributed by atoms with E-state index in [2.05, 4.69) is 30.7 Å². The molecule has 0 aromatic rings. The first-order chi connectivity index (χ1) is 7.59. The summed E-state index contributed by atoms with van der Waals surface area (Å²) in [5.74, 6) is 0.822. The highest BCUT2D eigenvalue weighted by atomic mass is 15.3. The van der Waals surface area contributed by atoms with E-state index >= 15 is 0 Å². The number of rotatable bonds is 2. The Bertz CT molecular complexity index is 243. The molecule has 2 heterocycles. The smallest absolute Gasteiger partial charge is 0.0473 e. The summed E-state index contributed by atoms with van der Waals surface area (Å²) < 4.78 is 0. The normalized spacial score (nSPS) is 42.8. The number of hydrogen-bond acceptors (Lipinski definition) is 3. The SMILES string of the molecule is CC1CCCN(C2(CN)CCN(C)C2)C1C.